The van der Waals surface area contributed by atoms with Gasteiger partial charge in [0, 0.05) is 32.2 Å². The molecule has 0 aromatic heterocycles. The molecule has 3 N–H and O–H groups in total. The van der Waals surface area contributed by atoms with Gasteiger partial charge in [0.2, 0.25) is 11.8 Å². The number of rotatable bonds is 5. The van der Waals surface area contributed by atoms with Gasteiger partial charge in [0.25, 0.3) is 0 Å². The van der Waals surface area contributed by atoms with E-state index in [1.54, 1.807) is 0 Å². The van der Waals surface area contributed by atoms with E-state index in [0.717, 1.165) is 44.1 Å². The van der Waals surface area contributed by atoms with Crippen LogP contribution in [0.25, 0.3) is 0 Å². The van der Waals surface area contributed by atoms with Gasteiger partial charge < -0.3 is 16.0 Å². The summed E-state index contributed by atoms with van der Waals surface area (Å²) in [6.45, 7) is 7.37. The monoisotopic (exact) mass is 408 g/mol. The maximum absolute atomic E-state index is 12.3. The van der Waals surface area contributed by atoms with E-state index in [0.29, 0.717) is 0 Å². The Morgan fingerprint density at radius 1 is 1.08 bits per heavy atom. The van der Waals surface area contributed by atoms with Crippen molar-refractivity contribution in [2.75, 3.05) is 32.7 Å². The number of hydrogen-bond acceptors (Lipinski definition) is 4. The first kappa shape index (κ1) is 23.5. The van der Waals surface area contributed by atoms with Crippen LogP contribution < -0.4 is 11.1 Å². The molecule has 1 saturated heterocycles. The zero-order valence-electron chi connectivity index (χ0n) is 15.9. The van der Waals surface area contributed by atoms with Crippen LogP contribution in [0.1, 0.15) is 39.5 Å². The molecule has 2 bridgehead atoms. The number of nitrogens with one attached hydrogen (secondary N) is 1. The van der Waals surface area contributed by atoms with Crippen LogP contribution in [0.3, 0.4) is 0 Å². The highest BCUT2D eigenvalue weighted by molar-refractivity contribution is 5.87. The number of carbonyl (C=O) groups is 2. The average molecular weight is 409 g/mol. The van der Waals surface area contributed by atoms with Crippen LogP contribution in [0.5, 0.6) is 0 Å². The lowest BCUT2D eigenvalue weighted by molar-refractivity contribution is -0.135. The molecule has 26 heavy (non-hydrogen) atoms. The van der Waals surface area contributed by atoms with Crippen LogP contribution >= 0.6 is 24.8 Å². The predicted molar refractivity (Wildman–Crippen MR) is 108 cm³/mol. The van der Waals surface area contributed by atoms with E-state index in [1.807, 2.05) is 18.7 Å². The Morgan fingerprint density at radius 2 is 1.73 bits per heavy atom. The van der Waals surface area contributed by atoms with Gasteiger partial charge in [0.15, 0.2) is 0 Å². The number of carbonyl (C=O) groups excluding carboxylic acids is 2. The zero-order valence-corrected chi connectivity index (χ0v) is 17.5. The van der Waals surface area contributed by atoms with Crippen molar-refractivity contribution in [2.45, 2.75) is 51.6 Å². The molecule has 4 atom stereocenters. The van der Waals surface area contributed by atoms with E-state index in [1.165, 1.54) is 25.7 Å². The third-order valence-electron chi connectivity index (χ3n) is 6.27. The highest BCUT2D eigenvalue weighted by atomic mass is 35.5. The summed E-state index contributed by atoms with van der Waals surface area (Å²) < 4.78 is 0. The van der Waals surface area contributed by atoms with Crippen molar-refractivity contribution in [3.63, 3.8) is 0 Å². The Morgan fingerprint density at radius 3 is 2.23 bits per heavy atom. The van der Waals surface area contributed by atoms with Gasteiger partial charge in [-0.2, -0.15) is 0 Å². The first-order chi connectivity index (χ1) is 11.5. The number of nitrogens with two attached hydrogens (primary N) is 1. The maximum Gasteiger partial charge on any atom is 0.242 e. The van der Waals surface area contributed by atoms with Gasteiger partial charge in [-0.1, -0.05) is 20.3 Å². The molecule has 3 aliphatic rings. The van der Waals surface area contributed by atoms with Gasteiger partial charge in [0.05, 0.1) is 12.6 Å². The molecule has 1 heterocycles. The van der Waals surface area contributed by atoms with E-state index in [2.05, 4.69) is 10.2 Å². The highest BCUT2D eigenvalue weighted by Gasteiger charge is 2.42. The van der Waals surface area contributed by atoms with Crippen molar-refractivity contribution in [3.8, 4) is 0 Å². The van der Waals surface area contributed by atoms with E-state index >= 15 is 0 Å². The third kappa shape index (κ3) is 5.24. The minimum atomic E-state index is -0.549. The molecule has 2 aliphatic carbocycles. The maximum atomic E-state index is 12.3. The second-order valence-electron chi connectivity index (χ2n) is 8.15. The summed E-state index contributed by atoms with van der Waals surface area (Å²) >= 11 is 0. The van der Waals surface area contributed by atoms with Crippen molar-refractivity contribution in [1.82, 2.24) is 15.1 Å². The van der Waals surface area contributed by atoms with E-state index in [4.69, 9.17) is 5.73 Å². The molecule has 2 saturated carbocycles. The first-order valence-corrected chi connectivity index (χ1v) is 9.50. The standard InChI is InChI=1S/C18H32N4O2.2ClH/c1-12(2)17(19)18(24)20-11-16(23)22-7-5-21(6-8-22)15-10-13-3-4-14(15)9-13;;/h12-15,17H,3-11,19H2,1-2H3,(H,20,24);2*1H/t13?,14?,15?,17-;;/m0../s1. The summed E-state index contributed by atoms with van der Waals surface area (Å²) in [6.07, 6.45) is 5.61. The molecule has 6 nitrogen and oxygen atoms in total. The van der Waals surface area contributed by atoms with E-state index < -0.39 is 6.04 Å². The first-order valence-electron chi connectivity index (χ1n) is 9.50. The van der Waals surface area contributed by atoms with Gasteiger partial charge >= 0.3 is 0 Å². The molecule has 0 aromatic rings. The SMILES string of the molecule is CC(C)[C@H](N)C(=O)NCC(=O)N1CCN(C2CC3CCC2C3)CC1.Cl.Cl. The second kappa shape index (κ2) is 10.1. The summed E-state index contributed by atoms with van der Waals surface area (Å²) in [6, 6.07) is 0.206. The summed E-state index contributed by atoms with van der Waals surface area (Å²) in [7, 11) is 0. The van der Waals surface area contributed by atoms with Gasteiger partial charge in [-0.3, -0.25) is 14.5 Å². The van der Waals surface area contributed by atoms with E-state index in [-0.39, 0.29) is 49.1 Å². The Hall–Kier alpha value is -0.560. The molecule has 0 spiro atoms. The number of halogens is 2. The zero-order chi connectivity index (χ0) is 17.3. The van der Waals surface area contributed by atoms with Crippen LogP contribution in [0.4, 0.5) is 0 Å². The summed E-state index contributed by atoms with van der Waals surface area (Å²) in [4.78, 5) is 28.6. The number of amides is 2. The van der Waals surface area contributed by atoms with Crippen LogP contribution in [0.2, 0.25) is 0 Å². The summed E-state index contributed by atoms with van der Waals surface area (Å²) in [5, 5.41) is 2.68. The Labute approximate surface area is 169 Å². The molecular formula is C18H34Cl2N4O2. The third-order valence-corrected chi connectivity index (χ3v) is 6.27. The molecule has 1 aliphatic heterocycles. The minimum Gasteiger partial charge on any atom is -0.346 e. The fourth-order valence-electron chi connectivity index (χ4n) is 4.66. The Bertz CT molecular complexity index is 484. The summed E-state index contributed by atoms with van der Waals surface area (Å²) in [5.41, 5.74) is 5.80. The van der Waals surface area contributed by atoms with Crippen LogP contribution in [0.15, 0.2) is 0 Å². The highest BCUT2D eigenvalue weighted by Crippen LogP contribution is 2.46. The normalized spacial score (nSPS) is 29.1. The van der Waals surface area contributed by atoms with Gasteiger partial charge in [-0.25, -0.2) is 0 Å². The van der Waals surface area contributed by atoms with Gasteiger partial charge in [-0.05, 0) is 37.0 Å². The quantitative estimate of drug-likeness (QED) is 0.717. The van der Waals surface area contributed by atoms with E-state index in [9.17, 15) is 9.59 Å². The molecule has 0 aromatic carbocycles. The van der Waals surface area contributed by atoms with Crippen molar-refractivity contribution >= 4 is 36.6 Å². The molecule has 3 fully saturated rings. The topological polar surface area (TPSA) is 78.7 Å². The minimum absolute atomic E-state index is 0. The Balaban J connectivity index is 0.00000169. The lowest BCUT2D eigenvalue weighted by atomic mass is 9.93. The fourth-order valence-corrected chi connectivity index (χ4v) is 4.66. The average Bonchev–Trinajstić information content (AvgIpc) is 3.22. The van der Waals surface area contributed by atoms with Gasteiger partial charge in [-0.15, -0.1) is 24.8 Å². The number of piperazine rings is 1. The second-order valence-corrected chi connectivity index (χ2v) is 8.15. The molecule has 3 unspecified atom stereocenters. The van der Waals surface area contributed by atoms with Crippen molar-refractivity contribution in [1.29, 1.82) is 0 Å². The van der Waals surface area contributed by atoms with Crippen molar-refractivity contribution in [3.05, 3.63) is 0 Å². The number of fused-ring (bicyclic) bond motifs is 2. The summed E-state index contributed by atoms with van der Waals surface area (Å²) in [5.74, 6) is 1.70. The smallest absolute Gasteiger partial charge is 0.242 e. The van der Waals surface area contributed by atoms with Crippen LogP contribution in [-0.2, 0) is 9.59 Å². The van der Waals surface area contributed by atoms with Crippen LogP contribution in [-0.4, -0.2) is 66.4 Å². The fraction of sp³-hybridized carbons (Fsp3) is 0.889. The Kier molecular flexibility index (Phi) is 9.13. The predicted octanol–water partition coefficient (Wildman–Crippen LogP) is 1.26. The largest absolute Gasteiger partial charge is 0.346 e. The molecular weight excluding hydrogens is 375 g/mol. The molecule has 152 valence electrons. The lowest BCUT2D eigenvalue weighted by Crippen LogP contribution is -2.55. The van der Waals surface area contributed by atoms with Crippen molar-refractivity contribution < 1.29 is 9.59 Å². The van der Waals surface area contributed by atoms with Crippen molar-refractivity contribution in [2.24, 2.45) is 23.5 Å². The number of nitrogens with zero attached hydrogens (tertiary/aromatic N) is 2. The molecule has 8 heteroatoms. The number of hydrogen-bond donors (Lipinski definition) is 2. The molecule has 3 rings (SSSR count). The van der Waals surface area contributed by atoms with Gasteiger partial charge in [0.1, 0.15) is 0 Å². The van der Waals surface area contributed by atoms with Crippen LogP contribution in [0, 0.1) is 17.8 Å². The molecule has 0 radical (unpaired) electrons. The lowest BCUT2D eigenvalue weighted by Gasteiger charge is -2.41. The molecule has 2 amide bonds.